The molecule has 0 aliphatic rings. The number of phosphoric acid groups is 1. The topological polar surface area (TPSA) is 66.8 Å². The first-order chi connectivity index (χ1) is 3.56. The minimum Gasteiger partial charge on any atom is -0.350 e. The molecule has 0 fully saturated rings. The van der Waals surface area contributed by atoms with Crippen LogP contribution in [0.4, 0.5) is 0 Å². The van der Waals surface area contributed by atoms with E-state index in [4.69, 9.17) is 9.79 Å². The van der Waals surface area contributed by atoms with Crippen LogP contribution in [0.1, 0.15) is 6.92 Å². The zero-order valence-corrected chi connectivity index (χ0v) is 5.05. The van der Waals surface area contributed by atoms with Crippen molar-refractivity contribution in [1.82, 2.24) is 0 Å². The Morgan fingerprint density at radius 1 is 1.62 bits per heavy atom. The molecule has 0 rings (SSSR count). The van der Waals surface area contributed by atoms with E-state index >= 15 is 0 Å². The molecule has 0 spiro atoms. The van der Waals surface area contributed by atoms with Gasteiger partial charge in [-0.25, -0.2) is 4.57 Å². The monoisotopic (exact) mass is 136 g/mol. The molecule has 0 aliphatic carbocycles. The Bertz CT molecular complexity index is 158. The van der Waals surface area contributed by atoms with Crippen LogP contribution in [-0.2, 0) is 9.09 Å². The first-order valence-electron chi connectivity index (χ1n) is 1.72. The largest absolute Gasteiger partial charge is 0.533 e. The second-order valence-corrected chi connectivity index (χ2v) is 2.10. The van der Waals surface area contributed by atoms with E-state index in [9.17, 15) is 4.57 Å². The van der Waals surface area contributed by atoms with Gasteiger partial charge in [0.2, 0.25) is 0 Å². The summed E-state index contributed by atoms with van der Waals surface area (Å²) in [4.78, 5) is 15.9. The predicted molar refractivity (Wildman–Crippen MR) is 26.6 cm³/mol. The molecular weight excluding hydrogens is 131 g/mol. The van der Waals surface area contributed by atoms with E-state index in [1.165, 1.54) is 6.92 Å². The summed E-state index contributed by atoms with van der Waals surface area (Å²) in [6, 6.07) is 0. The Kier molecular flexibility index (Phi) is 2.56. The SMILES string of the molecule is CC#COP(=O)(O)O. The Hall–Kier alpha value is -0.490. The summed E-state index contributed by atoms with van der Waals surface area (Å²) >= 11 is 0. The van der Waals surface area contributed by atoms with Crippen molar-refractivity contribution in [3.8, 4) is 12.0 Å². The molecule has 0 amide bonds. The fourth-order valence-electron chi connectivity index (χ4n) is 0.105. The molecule has 0 bridgehead atoms. The van der Waals surface area contributed by atoms with Crippen molar-refractivity contribution in [2.75, 3.05) is 0 Å². The van der Waals surface area contributed by atoms with Gasteiger partial charge in [-0.2, -0.15) is 0 Å². The van der Waals surface area contributed by atoms with Gasteiger partial charge >= 0.3 is 7.82 Å². The number of rotatable bonds is 1. The maximum Gasteiger partial charge on any atom is 0.533 e. The molecule has 46 valence electrons. The third-order valence-corrected chi connectivity index (χ3v) is 0.596. The average Bonchev–Trinajstić information content (AvgIpc) is 1.59. The minimum atomic E-state index is -4.36. The van der Waals surface area contributed by atoms with E-state index < -0.39 is 7.82 Å². The Balaban J connectivity index is 3.68. The molecule has 8 heavy (non-hydrogen) atoms. The normalized spacial score (nSPS) is 9.38. The van der Waals surface area contributed by atoms with Gasteiger partial charge in [-0.15, -0.1) is 0 Å². The van der Waals surface area contributed by atoms with Gasteiger partial charge in [0.25, 0.3) is 0 Å². The van der Waals surface area contributed by atoms with Gasteiger partial charge < -0.3 is 4.52 Å². The molecule has 2 N–H and O–H groups in total. The van der Waals surface area contributed by atoms with Gasteiger partial charge in [0.15, 0.2) is 0 Å². The van der Waals surface area contributed by atoms with Crippen LogP contribution in [0.3, 0.4) is 0 Å². The Labute approximate surface area is 46.7 Å². The molecule has 0 radical (unpaired) electrons. The predicted octanol–water partition coefficient (Wildman–Crippen LogP) is 0.0765. The van der Waals surface area contributed by atoms with E-state index in [0.717, 1.165) is 0 Å². The molecule has 4 nitrogen and oxygen atoms in total. The summed E-state index contributed by atoms with van der Waals surface area (Å²) in [5, 5.41) is 0. The summed E-state index contributed by atoms with van der Waals surface area (Å²) in [6.45, 7) is 1.41. The third kappa shape index (κ3) is 5.51. The van der Waals surface area contributed by atoms with E-state index in [-0.39, 0.29) is 0 Å². The van der Waals surface area contributed by atoms with Crippen molar-refractivity contribution in [2.45, 2.75) is 6.92 Å². The summed E-state index contributed by atoms with van der Waals surface area (Å²) in [5.74, 6) is 2.16. The smallest absolute Gasteiger partial charge is 0.350 e. The summed E-state index contributed by atoms with van der Waals surface area (Å²) in [6.07, 6.45) is 1.78. The van der Waals surface area contributed by atoms with Crippen LogP contribution < -0.4 is 0 Å². The highest BCUT2D eigenvalue weighted by Gasteiger charge is 2.11. The van der Waals surface area contributed by atoms with Gasteiger partial charge in [-0.3, -0.25) is 9.79 Å². The fraction of sp³-hybridized carbons (Fsp3) is 0.333. The molecule has 0 aromatic carbocycles. The zero-order chi connectivity index (χ0) is 6.62. The number of hydrogen-bond acceptors (Lipinski definition) is 2. The van der Waals surface area contributed by atoms with Crippen molar-refractivity contribution < 1.29 is 18.9 Å². The molecule has 0 saturated heterocycles. The van der Waals surface area contributed by atoms with E-state index in [1.807, 2.05) is 0 Å². The van der Waals surface area contributed by atoms with Crippen molar-refractivity contribution in [2.24, 2.45) is 0 Å². The van der Waals surface area contributed by atoms with Gasteiger partial charge in [-0.1, -0.05) is 5.92 Å². The molecule has 0 aromatic rings. The van der Waals surface area contributed by atoms with Crippen LogP contribution in [0.2, 0.25) is 0 Å². The Morgan fingerprint density at radius 3 is 2.25 bits per heavy atom. The highest BCUT2D eigenvalue weighted by Crippen LogP contribution is 2.34. The van der Waals surface area contributed by atoms with Crippen molar-refractivity contribution in [1.29, 1.82) is 0 Å². The van der Waals surface area contributed by atoms with Crippen LogP contribution in [-0.4, -0.2) is 9.79 Å². The lowest BCUT2D eigenvalue weighted by Gasteiger charge is -1.94. The Morgan fingerprint density at radius 2 is 2.12 bits per heavy atom. The van der Waals surface area contributed by atoms with E-state index in [1.54, 1.807) is 6.11 Å². The molecular formula is C3H5O4P. The highest BCUT2D eigenvalue weighted by molar-refractivity contribution is 7.46. The maximum absolute atomic E-state index is 9.76. The van der Waals surface area contributed by atoms with Crippen LogP contribution in [0.25, 0.3) is 0 Å². The van der Waals surface area contributed by atoms with Gasteiger partial charge in [-0.05, 0) is 0 Å². The minimum absolute atomic E-state index is 1.41. The first-order valence-corrected chi connectivity index (χ1v) is 3.25. The zero-order valence-electron chi connectivity index (χ0n) is 4.16. The van der Waals surface area contributed by atoms with Crippen molar-refractivity contribution in [3.05, 3.63) is 0 Å². The van der Waals surface area contributed by atoms with Gasteiger partial charge in [0.05, 0.1) is 0 Å². The second-order valence-electron chi connectivity index (χ2n) is 0.934. The molecule has 0 heterocycles. The first kappa shape index (κ1) is 7.51. The summed E-state index contributed by atoms with van der Waals surface area (Å²) in [7, 11) is -4.36. The van der Waals surface area contributed by atoms with E-state index in [2.05, 4.69) is 10.4 Å². The van der Waals surface area contributed by atoms with Gasteiger partial charge in [0, 0.05) is 6.92 Å². The van der Waals surface area contributed by atoms with E-state index in [0.29, 0.717) is 0 Å². The molecule has 5 heteroatoms. The molecule has 0 aliphatic heterocycles. The van der Waals surface area contributed by atoms with Crippen LogP contribution in [0, 0.1) is 12.0 Å². The summed E-state index contributed by atoms with van der Waals surface area (Å²) in [5.41, 5.74) is 0. The highest BCUT2D eigenvalue weighted by atomic mass is 31.2. The second kappa shape index (κ2) is 2.73. The summed E-state index contributed by atoms with van der Waals surface area (Å²) < 4.78 is 13.4. The van der Waals surface area contributed by atoms with Crippen LogP contribution >= 0.6 is 7.82 Å². The van der Waals surface area contributed by atoms with Crippen molar-refractivity contribution in [3.63, 3.8) is 0 Å². The lowest BCUT2D eigenvalue weighted by molar-refractivity contribution is 0.269. The number of phosphoric ester groups is 1. The number of hydrogen-bond donors (Lipinski definition) is 2. The maximum atomic E-state index is 9.76. The van der Waals surface area contributed by atoms with Crippen molar-refractivity contribution >= 4 is 7.82 Å². The average molecular weight is 136 g/mol. The quantitative estimate of drug-likeness (QED) is 0.395. The lowest BCUT2D eigenvalue weighted by Crippen LogP contribution is -1.76. The van der Waals surface area contributed by atoms with Gasteiger partial charge in [0.1, 0.15) is 6.11 Å². The lowest BCUT2D eigenvalue weighted by atomic mass is 10.8. The molecule has 0 unspecified atom stereocenters. The van der Waals surface area contributed by atoms with Crippen LogP contribution in [0.5, 0.6) is 0 Å². The van der Waals surface area contributed by atoms with Crippen LogP contribution in [0.15, 0.2) is 0 Å². The molecule has 0 atom stereocenters. The molecule has 0 aromatic heterocycles. The standard InChI is InChI=1S/C3H5O4P/c1-2-3-7-8(4,5)6/h1H3,(H2,4,5,6). The third-order valence-electron chi connectivity index (χ3n) is 0.267. The molecule has 0 saturated carbocycles. The fourth-order valence-corrected chi connectivity index (χ4v) is 0.315.